The number of carbonyl (C=O) groups excluding carboxylic acids is 2. The van der Waals surface area contributed by atoms with Crippen LogP contribution in [0.2, 0.25) is 0 Å². The van der Waals surface area contributed by atoms with Crippen LogP contribution in [-0.2, 0) is 22.6 Å². The minimum atomic E-state index is -0.120. The summed E-state index contributed by atoms with van der Waals surface area (Å²) in [5.74, 6) is 1.01. The highest BCUT2D eigenvalue weighted by molar-refractivity contribution is 14.0. The maximum atomic E-state index is 12.8. The number of benzene rings is 1. The Morgan fingerprint density at radius 1 is 1.03 bits per heavy atom. The lowest BCUT2D eigenvalue weighted by Crippen LogP contribution is -2.43. The molecule has 30 heavy (non-hydrogen) atoms. The van der Waals surface area contributed by atoms with E-state index in [0.717, 1.165) is 19.4 Å². The first-order valence-electron chi connectivity index (χ1n) is 10.8. The molecule has 4 unspecified atom stereocenters. The molecule has 0 spiro atoms. The molecule has 2 N–H and O–H groups in total. The monoisotopic (exact) mass is 522 g/mol. The summed E-state index contributed by atoms with van der Waals surface area (Å²) in [7, 11) is 0. The molecule has 2 fully saturated rings. The molecule has 4 atom stereocenters. The Bertz CT molecular complexity index is 823. The zero-order valence-corrected chi connectivity index (χ0v) is 20.0. The highest BCUT2D eigenvalue weighted by Gasteiger charge is 2.58. The normalized spacial score (nSPS) is 26.7. The van der Waals surface area contributed by atoms with Crippen molar-refractivity contribution in [2.24, 2.45) is 28.7 Å². The number of aryl methyl sites for hydroxylation is 1. The lowest BCUT2D eigenvalue weighted by molar-refractivity contribution is -0.140. The van der Waals surface area contributed by atoms with Gasteiger partial charge in [-0.15, -0.1) is 24.0 Å². The van der Waals surface area contributed by atoms with Gasteiger partial charge < -0.3 is 10.6 Å². The Labute approximate surface area is 195 Å². The van der Waals surface area contributed by atoms with Gasteiger partial charge in [0, 0.05) is 19.6 Å². The van der Waals surface area contributed by atoms with Crippen LogP contribution in [0, 0.1) is 23.7 Å². The number of halogens is 1. The number of guanidine groups is 1. The molecule has 6 nitrogen and oxygen atoms in total. The largest absolute Gasteiger partial charge is 0.357 e. The van der Waals surface area contributed by atoms with Gasteiger partial charge >= 0.3 is 0 Å². The summed E-state index contributed by atoms with van der Waals surface area (Å²) in [5, 5.41) is 6.52. The van der Waals surface area contributed by atoms with Crippen molar-refractivity contribution in [3.63, 3.8) is 0 Å². The summed E-state index contributed by atoms with van der Waals surface area (Å²) in [6.45, 7) is 6.41. The van der Waals surface area contributed by atoms with Gasteiger partial charge in [-0.2, -0.15) is 0 Å². The highest BCUT2D eigenvalue weighted by Crippen LogP contribution is 2.52. The third kappa shape index (κ3) is 4.26. The van der Waals surface area contributed by atoms with Crippen LogP contribution in [0.5, 0.6) is 0 Å². The number of allylic oxidation sites excluding steroid dienone is 2. The summed E-state index contributed by atoms with van der Waals surface area (Å²) in [5.41, 5.74) is 2.52. The summed E-state index contributed by atoms with van der Waals surface area (Å²) in [6, 6.07) is 8.33. The molecule has 1 aliphatic heterocycles. The Balaban J connectivity index is 0.00000256. The molecule has 0 radical (unpaired) electrons. The fraction of sp³-hybridized carbons (Fsp3) is 0.522. The number of carbonyl (C=O) groups is 2. The molecular formula is C23H31IN4O2. The molecule has 1 saturated heterocycles. The number of hydrogen-bond donors (Lipinski definition) is 2. The standard InChI is InChI=1S/C23H30N4O2.HI/c1-3-15-7-5-6-8-18(15)14-26-23(24-4-2)25-11-12-27-21(28)19-16-9-10-17(13-16)20(19)22(27)29;/h5-10,16-17,19-20H,3-4,11-14H2,1-2H3,(H2,24,25,26);1H. The van der Waals surface area contributed by atoms with Crippen LogP contribution in [-0.4, -0.2) is 42.3 Å². The summed E-state index contributed by atoms with van der Waals surface area (Å²) >= 11 is 0. The second-order valence-corrected chi connectivity index (χ2v) is 8.07. The van der Waals surface area contributed by atoms with Crippen molar-refractivity contribution in [2.45, 2.75) is 33.2 Å². The molecule has 1 aromatic carbocycles. The Morgan fingerprint density at radius 2 is 1.67 bits per heavy atom. The van der Waals surface area contributed by atoms with Gasteiger partial charge in [-0.3, -0.25) is 14.5 Å². The zero-order valence-electron chi connectivity index (χ0n) is 17.6. The number of aliphatic imine (C=N–C) groups is 1. The average Bonchev–Trinajstić information content (AvgIpc) is 3.41. The van der Waals surface area contributed by atoms with Gasteiger partial charge in [0.1, 0.15) is 0 Å². The van der Waals surface area contributed by atoms with Gasteiger partial charge in [-0.25, -0.2) is 4.99 Å². The van der Waals surface area contributed by atoms with Crippen molar-refractivity contribution < 1.29 is 9.59 Å². The van der Waals surface area contributed by atoms with E-state index in [1.165, 1.54) is 16.0 Å². The van der Waals surface area contributed by atoms with Crippen molar-refractivity contribution in [2.75, 3.05) is 19.6 Å². The zero-order chi connectivity index (χ0) is 20.4. The third-order valence-electron chi connectivity index (χ3n) is 6.44. The predicted molar refractivity (Wildman–Crippen MR) is 128 cm³/mol. The second kappa shape index (κ2) is 9.94. The van der Waals surface area contributed by atoms with Crippen molar-refractivity contribution in [3.05, 3.63) is 47.5 Å². The van der Waals surface area contributed by atoms with Crippen LogP contribution in [0.25, 0.3) is 0 Å². The number of nitrogens with zero attached hydrogens (tertiary/aromatic N) is 2. The van der Waals surface area contributed by atoms with E-state index in [4.69, 9.17) is 0 Å². The van der Waals surface area contributed by atoms with Crippen LogP contribution in [0.15, 0.2) is 41.4 Å². The quantitative estimate of drug-likeness (QED) is 0.190. The maximum absolute atomic E-state index is 12.8. The van der Waals surface area contributed by atoms with Gasteiger partial charge in [0.05, 0.1) is 18.4 Å². The number of hydrogen-bond acceptors (Lipinski definition) is 3. The Hall–Kier alpha value is -1.90. The first-order valence-corrected chi connectivity index (χ1v) is 10.8. The molecule has 3 aliphatic rings. The summed E-state index contributed by atoms with van der Waals surface area (Å²) in [6.07, 6.45) is 6.20. The lowest BCUT2D eigenvalue weighted by Gasteiger charge is -2.18. The minimum absolute atomic E-state index is 0. The van der Waals surface area contributed by atoms with Crippen LogP contribution >= 0.6 is 24.0 Å². The molecular weight excluding hydrogens is 491 g/mol. The van der Waals surface area contributed by atoms with Gasteiger partial charge in [0.15, 0.2) is 5.96 Å². The van der Waals surface area contributed by atoms with E-state index in [1.807, 2.05) is 13.0 Å². The molecule has 1 saturated carbocycles. The van der Waals surface area contributed by atoms with Crippen molar-refractivity contribution in [1.29, 1.82) is 0 Å². The molecule has 162 valence electrons. The van der Waals surface area contributed by atoms with Crippen molar-refractivity contribution in [3.8, 4) is 0 Å². The maximum Gasteiger partial charge on any atom is 0.233 e. The van der Waals surface area contributed by atoms with E-state index in [9.17, 15) is 9.59 Å². The highest BCUT2D eigenvalue weighted by atomic mass is 127. The minimum Gasteiger partial charge on any atom is -0.357 e. The van der Waals surface area contributed by atoms with Gasteiger partial charge in [0.2, 0.25) is 11.8 Å². The van der Waals surface area contributed by atoms with Crippen molar-refractivity contribution in [1.82, 2.24) is 15.5 Å². The predicted octanol–water partition coefficient (Wildman–Crippen LogP) is 2.73. The number of likely N-dealkylation sites (tertiary alicyclic amines) is 1. The molecule has 4 rings (SSSR count). The summed E-state index contributed by atoms with van der Waals surface area (Å²) < 4.78 is 0. The number of rotatable bonds is 7. The Kier molecular flexibility index (Phi) is 7.55. The first-order chi connectivity index (χ1) is 14.1. The molecule has 1 heterocycles. The first kappa shape index (κ1) is 22.8. The third-order valence-corrected chi connectivity index (χ3v) is 6.44. The van der Waals surface area contributed by atoms with E-state index in [0.29, 0.717) is 25.6 Å². The van der Waals surface area contributed by atoms with Crippen LogP contribution in [0.1, 0.15) is 31.4 Å². The second-order valence-electron chi connectivity index (χ2n) is 8.07. The van der Waals surface area contributed by atoms with Gasteiger partial charge in [-0.1, -0.05) is 43.3 Å². The smallest absolute Gasteiger partial charge is 0.233 e. The number of fused-ring (bicyclic) bond motifs is 5. The number of amides is 2. The topological polar surface area (TPSA) is 73.8 Å². The van der Waals surface area contributed by atoms with Gasteiger partial charge in [-0.05, 0) is 42.7 Å². The molecule has 2 bridgehead atoms. The van der Waals surface area contributed by atoms with Crippen molar-refractivity contribution >= 4 is 41.8 Å². The van der Waals surface area contributed by atoms with E-state index >= 15 is 0 Å². The number of nitrogens with one attached hydrogen (secondary N) is 2. The Morgan fingerprint density at radius 3 is 2.27 bits per heavy atom. The van der Waals surface area contributed by atoms with E-state index in [1.54, 1.807) is 0 Å². The van der Waals surface area contributed by atoms with E-state index in [2.05, 4.69) is 52.9 Å². The molecule has 1 aromatic rings. The molecule has 2 aliphatic carbocycles. The SMILES string of the molecule is CCNC(=NCc1ccccc1CC)NCCN1C(=O)C2C3C=CC(C3)C2C1=O.I. The van der Waals surface area contributed by atoms with Crippen LogP contribution < -0.4 is 10.6 Å². The molecule has 2 amide bonds. The molecule has 7 heteroatoms. The fourth-order valence-corrected chi connectivity index (χ4v) is 5.03. The average molecular weight is 522 g/mol. The summed E-state index contributed by atoms with van der Waals surface area (Å²) in [4.78, 5) is 31.7. The lowest BCUT2D eigenvalue weighted by atomic mass is 9.85. The van der Waals surface area contributed by atoms with E-state index in [-0.39, 0.29) is 59.5 Å². The van der Waals surface area contributed by atoms with Crippen LogP contribution in [0.3, 0.4) is 0 Å². The van der Waals surface area contributed by atoms with Crippen LogP contribution in [0.4, 0.5) is 0 Å². The fourth-order valence-electron chi connectivity index (χ4n) is 5.03. The molecule has 0 aromatic heterocycles. The van der Waals surface area contributed by atoms with E-state index < -0.39 is 0 Å². The van der Waals surface area contributed by atoms with Gasteiger partial charge in [0.25, 0.3) is 0 Å². The number of imide groups is 1.